The Morgan fingerprint density at radius 1 is 1.38 bits per heavy atom. The molecule has 2 atom stereocenters. The third-order valence-electron chi connectivity index (χ3n) is 3.11. The highest BCUT2D eigenvalue weighted by Crippen LogP contribution is 2.24. The number of benzene rings is 1. The maximum absolute atomic E-state index is 11.0. The Bertz CT molecular complexity index is 388. The molecule has 3 heteroatoms. The molecule has 3 N–H and O–H groups in total. The van der Waals surface area contributed by atoms with Gasteiger partial charge in [0.05, 0.1) is 5.92 Å². The molecule has 0 aliphatic heterocycles. The molecule has 0 radical (unpaired) electrons. The topological polar surface area (TPSA) is 63.3 Å². The van der Waals surface area contributed by atoms with E-state index in [1.165, 1.54) is 5.56 Å². The van der Waals surface area contributed by atoms with Gasteiger partial charge in [-0.3, -0.25) is 4.79 Å². The van der Waals surface area contributed by atoms with Gasteiger partial charge in [-0.05, 0) is 37.0 Å². The van der Waals surface area contributed by atoms with E-state index in [1.54, 1.807) is 0 Å². The van der Waals surface area contributed by atoms with Gasteiger partial charge in [-0.25, -0.2) is 0 Å². The molecule has 0 fully saturated rings. The first kappa shape index (κ1) is 12.7. The van der Waals surface area contributed by atoms with E-state index in [4.69, 9.17) is 10.8 Å². The Balaban J connectivity index is 2.99. The van der Waals surface area contributed by atoms with E-state index in [-0.39, 0.29) is 0 Å². The number of hydrogen-bond donors (Lipinski definition) is 2. The summed E-state index contributed by atoms with van der Waals surface area (Å²) in [5, 5.41) is 9.05. The zero-order valence-corrected chi connectivity index (χ0v) is 10.0. The highest BCUT2D eigenvalue weighted by molar-refractivity contribution is 5.71. The van der Waals surface area contributed by atoms with Crippen molar-refractivity contribution in [3.63, 3.8) is 0 Å². The van der Waals surface area contributed by atoms with E-state index >= 15 is 0 Å². The van der Waals surface area contributed by atoms with Crippen LogP contribution < -0.4 is 5.73 Å². The van der Waals surface area contributed by atoms with Crippen molar-refractivity contribution in [2.75, 3.05) is 0 Å². The van der Waals surface area contributed by atoms with Gasteiger partial charge in [-0.2, -0.15) is 0 Å². The van der Waals surface area contributed by atoms with Crippen LogP contribution in [0.15, 0.2) is 18.2 Å². The van der Waals surface area contributed by atoms with Crippen molar-refractivity contribution >= 4 is 5.97 Å². The third kappa shape index (κ3) is 2.61. The van der Waals surface area contributed by atoms with E-state index in [9.17, 15) is 4.79 Å². The molecular weight excluding hydrogens is 202 g/mol. The standard InChI is InChI=1S/C13H19NO2/c1-4-11(13(15)16)12(14)10-6-5-8(2)9(3)7-10/h5-7,11-12H,4,14H2,1-3H3,(H,15,16). The second kappa shape index (κ2) is 5.12. The molecule has 2 unspecified atom stereocenters. The number of hydrogen-bond acceptors (Lipinski definition) is 2. The lowest BCUT2D eigenvalue weighted by molar-refractivity contribution is -0.142. The van der Waals surface area contributed by atoms with Crippen LogP contribution in [0.3, 0.4) is 0 Å². The zero-order valence-electron chi connectivity index (χ0n) is 10.0. The lowest BCUT2D eigenvalue weighted by Crippen LogP contribution is -2.27. The molecule has 16 heavy (non-hydrogen) atoms. The molecule has 0 aromatic heterocycles. The minimum Gasteiger partial charge on any atom is -0.481 e. The lowest BCUT2D eigenvalue weighted by atomic mass is 9.90. The van der Waals surface area contributed by atoms with E-state index in [2.05, 4.69) is 0 Å². The summed E-state index contributed by atoms with van der Waals surface area (Å²) in [6.45, 7) is 5.88. The fourth-order valence-corrected chi connectivity index (χ4v) is 1.79. The maximum Gasteiger partial charge on any atom is 0.308 e. The molecular formula is C13H19NO2. The van der Waals surface area contributed by atoms with Crippen molar-refractivity contribution in [3.05, 3.63) is 34.9 Å². The van der Waals surface area contributed by atoms with Gasteiger partial charge in [-0.1, -0.05) is 25.1 Å². The van der Waals surface area contributed by atoms with Crippen molar-refractivity contribution in [1.29, 1.82) is 0 Å². The largest absolute Gasteiger partial charge is 0.481 e. The van der Waals surface area contributed by atoms with Crippen molar-refractivity contribution in [1.82, 2.24) is 0 Å². The van der Waals surface area contributed by atoms with E-state index in [1.807, 2.05) is 39.0 Å². The predicted octanol–water partition coefficient (Wildman–Crippen LogP) is 2.41. The summed E-state index contributed by atoms with van der Waals surface area (Å²) in [5.41, 5.74) is 9.23. The average molecular weight is 221 g/mol. The normalized spacial score (nSPS) is 14.5. The summed E-state index contributed by atoms with van der Waals surface area (Å²) in [6.07, 6.45) is 0.545. The molecule has 1 rings (SSSR count). The molecule has 88 valence electrons. The number of aliphatic carboxylic acids is 1. The van der Waals surface area contributed by atoms with Gasteiger partial charge in [0.2, 0.25) is 0 Å². The Hall–Kier alpha value is -1.35. The second-order valence-corrected chi connectivity index (χ2v) is 4.22. The molecule has 0 heterocycles. The molecule has 1 aromatic rings. The highest BCUT2D eigenvalue weighted by atomic mass is 16.4. The second-order valence-electron chi connectivity index (χ2n) is 4.22. The number of aryl methyl sites for hydroxylation is 2. The molecule has 0 spiro atoms. The molecule has 0 saturated heterocycles. The number of carboxylic acid groups (broad SMARTS) is 1. The summed E-state index contributed by atoms with van der Waals surface area (Å²) in [7, 11) is 0. The first-order chi connectivity index (χ1) is 7.47. The van der Waals surface area contributed by atoms with E-state index in [0.717, 1.165) is 11.1 Å². The Kier molecular flexibility index (Phi) is 4.07. The van der Waals surface area contributed by atoms with Gasteiger partial charge < -0.3 is 10.8 Å². The van der Waals surface area contributed by atoms with Crippen LogP contribution in [-0.2, 0) is 4.79 Å². The fraction of sp³-hybridized carbons (Fsp3) is 0.462. The van der Waals surface area contributed by atoms with Crippen molar-refractivity contribution in [2.45, 2.75) is 33.2 Å². The fourth-order valence-electron chi connectivity index (χ4n) is 1.79. The highest BCUT2D eigenvalue weighted by Gasteiger charge is 2.24. The smallest absolute Gasteiger partial charge is 0.308 e. The molecule has 0 bridgehead atoms. The lowest BCUT2D eigenvalue weighted by Gasteiger charge is -2.19. The number of nitrogens with two attached hydrogens (primary N) is 1. The van der Waals surface area contributed by atoms with E-state index in [0.29, 0.717) is 6.42 Å². The first-order valence-corrected chi connectivity index (χ1v) is 5.53. The summed E-state index contributed by atoms with van der Waals surface area (Å²) in [4.78, 5) is 11.0. The van der Waals surface area contributed by atoms with Crippen LogP contribution in [0, 0.1) is 19.8 Å². The van der Waals surface area contributed by atoms with Crippen LogP contribution >= 0.6 is 0 Å². The Labute approximate surface area is 96.3 Å². The van der Waals surface area contributed by atoms with Crippen molar-refractivity contribution in [3.8, 4) is 0 Å². The van der Waals surface area contributed by atoms with E-state index < -0.39 is 17.9 Å². The molecule has 3 nitrogen and oxygen atoms in total. The van der Waals surface area contributed by atoms with Gasteiger partial charge in [0.1, 0.15) is 0 Å². The molecule has 1 aromatic carbocycles. The number of carboxylic acids is 1. The van der Waals surface area contributed by atoms with Gasteiger partial charge in [0.25, 0.3) is 0 Å². The molecule has 0 aliphatic rings. The van der Waals surface area contributed by atoms with Crippen LogP contribution in [0.1, 0.15) is 36.1 Å². The third-order valence-corrected chi connectivity index (χ3v) is 3.11. The molecule has 0 saturated carbocycles. The molecule has 0 aliphatic carbocycles. The molecule has 0 amide bonds. The first-order valence-electron chi connectivity index (χ1n) is 5.53. The monoisotopic (exact) mass is 221 g/mol. The number of rotatable bonds is 4. The van der Waals surface area contributed by atoms with Crippen molar-refractivity contribution < 1.29 is 9.90 Å². The number of carbonyl (C=O) groups is 1. The maximum atomic E-state index is 11.0. The van der Waals surface area contributed by atoms with Gasteiger partial charge in [0.15, 0.2) is 0 Å². The van der Waals surface area contributed by atoms with Crippen LogP contribution in [0.4, 0.5) is 0 Å². The zero-order chi connectivity index (χ0) is 12.3. The van der Waals surface area contributed by atoms with Crippen molar-refractivity contribution in [2.24, 2.45) is 11.7 Å². The van der Waals surface area contributed by atoms with Gasteiger partial charge >= 0.3 is 5.97 Å². The van der Waals surface area contributed by atoms with Gasteiger partial charge in [-0.15, -0.1) is 0 Å². The van der Waals surface area contributed by atoms with Crippen LogP contribution in [0.5, 0.6) is 0 Å². The summed E-state index contributed by atoms with van der Waals surface area (Å²) >= 11 is 0. The Morgan fingerprint density at radius 2 is 2.00 bits per heavy atom. The predicted molar refractivity (Wildman–Crippen MR) is 64.3 cm³/mol. The summed E-state index contributed by atoms with van der Waals surface area (Å²) < 4.78 is 0. The quantitative estimate of drug-likeness (QED) is 0.820. The van der Waals surface area contributed by atoms with Crippen LogP contribution in [-0.4, -0.2) is 11.1 Å². The SMILES string of the molecule is CCC(C(=O)O)C(N)c1ccc(C)c(C)c1. The average Bonchev–Trinajstić information content (AvgIpc) is 2.22. The minimum absolute atomic E-state index is 0.429. The van der Waals surface area contributed by atoms with Crippen LogP contribution in [0.25, 0.3) is 0 Å². The minimum atomic E-state index is -0.826. The summed E-state index contributed by atoms with van der Waals surface area (Å²) in [5.74, 6) is -1.34. The van der Waals surface area contributed by atoms with Crippen LogP contribution in [0.2, 0.25) is 0 Å². The summed E-state index contributed by atoms with van der Waals surface area (Å²) in [6, 6.07) is 5.45. The Morgan fingerprint density at radius 3 is 2.44 bits per heavy atom. The van der Waals surface area contributed by atoms with Gasteiger partial charge in [0, 0.05) is 6.04 Å².